The van der Waals surface area contributed by atoms with Crippen molar-refractivity contribution in [3.8, 4) is 17.3 Å². The largest absolute Gasteiger partial charge is 0.574 e. The molecule has 29 heavy (non-hydrogen) atoms. The van der Waals surface area contributed by atoms with Crippen LogP contribution in [-0.4, -0.2) is 37.7 Å². The molecule has 0 saturated heterocycles. The summed E-state index contributed by atoms with van der Waals surface area (Å²) in [4.78, 5) is 25.1. The van der Waals surface area contributed by atoms with Gasteiger partial charge in [-0.05, 0) is 44.7 Å². The first-order valence-corrected chi connectivity index (χ1v) is 9.10. The molecule has 3 aromatic heterocycles. The van der Waals surface area contributed by atoms with Crippen molar-refractivity contribution in [1.29, 1.82) is 0 Å². The highest BCUT2D eigenvalue weighted by atomic mass is 19.4. The summed E-state index contributed by atoms with van der Waals surface area (Å²) in [6.45, 7) is 3.73. The van der Waals surface area contributed by atoms with Crippen molar-refractivity contribution in [2.45, 2.75) is 39.1 Å². The molecule has 0 radical (unpaired) electrons. The van der Waals surface area contributed by atoms with Crippen molar-refractivity contribution in [3.05, 3.63) is 42.0 Å². The van der Waals surface area contributed by atoms with Gasteiger partial charge in [0.1, 0.15) is 6.33 Å². The SMILES string of the molecule is Cc1cc(-c2cccc(OC(F)(F)F)n2)nc2c(C(=O)N[C@@H](C)C3CC3)ncn12. The number of carbonyl (C=O) groups is 1. The van der Waals surface area contributed by atoms with Crippen molar-refractivity contribution in [2.24, 2.45) is 5.92 Å². The standard InChI is InChI=1S/C19H18F3N5O2/c1-10-8-14(13-4-3-5-15(25-13)29-19(20,21)22)26-17-16(23-9-27(10)17)18(28)24-11(2)12-6-7-12/h3-5,8-9,11-12H,6-7H2,1-2H3,(H,24,28)/t11-/m0/s1. The van der Waals surface area contributed by atoms with Crippen LogP contribution in [0, 0.1) is 12.8 Å². The van der Waals surface area contributed by atoms with Gasteiger partial charge in [0.05, 0.1) is 11.4 Å². The normalized spacial score (nSPS) is 15.3. The minimum atomic E-state index is -4.84. The lowest BCUT2D eigenvalue weighted by atomic mass is 10.2. The number of hydrogen-bond acceptors (Lipinski definition) is 5. The van der Waals surface area contributed by atoms with Gasteiger partial charge in [-0.1, -0.05) is 6.07 Å². The second-order valence-corrected chi connectivity index (χ2v) is 7.08. The van der Waals surface area contributed by atoms with Crippen molar-refractivity contribution >= 4 is 11.6 Å². The second kappa shape index (κ2) is 7.02. The van der Waals surface area contributed by atoms with Crippen LogP contribution in [0.3, 0.4) is 0 Å². The Labute approximate surface area is 164 Å². The summed E-state index contributed by atoms with van der Waals surface area (Å²) >= 11 is 0. The number of rotatable bonds is 5. The smallest absolute Gasteiger partial charge is 0.388 e. The van der Waals surface area contributed by atoms with Gasteiger partial charge in [0.2, 0.25) is 5.88 Å². The molecule has 7 nitrogen and oxygen atoms in total. The fraction of sp³-hybridized carbons (Fsp3) is 0.368. The van der Waals surface area contributed by atoms with Crippen LogP contribution in [0.5, 0.6) is 5.88 Å². The van der Waals surface area contributed by atoms with Crippen LogP contribution in [-0.2, 0) is 0 Å². The highest BCUT2D eigenvalue weighted by molar-refractivity contribution is 5.98. The van der Waals surface area contributed by atoms with Gasteiger partial charge < -0.3 is 10.1 Å². The maximum atomic E-state index is 12.6. The zero-order valence-corrected chi connectivity index (χ0v) is 15.7. The predicted octanol–water partition coefficient (Wildman–Crippen LogP) is 3.53. The van der Waals surface area contributed by atoms with E-state index in [1.54, 1.807) is 17.4 Å². The molecule has 3 aromatic rings. The lowest BCUT2D eigenvalue weighted by Crippen LogP contribution is -2.34. The van der Waals surface area contributed by atoms with E-state index in [9.17, 15) is 18.0 Å². The molecule has 152 valence electrons. The molecule has 1 aliphatic carbocycles. The van der Waals surface area contributed by atoms with Gasteiger partial charge in [-0.15, -0.1) is 13.2 Å². The molecule has 1 amide bonds. The van der Waals surface area contributed by atoms with Gasteiger partial charge in [0, 0.05) is 17.8 Å². The molecule has 10 heteroatoms. The first-order chi connectivity index (χ1) is 13.7. The summed E-state index contributed by atoms with van der Waals surface area (Å²) in [5.74, 6) is -0.434. The quantitative estimate of drug-likeness (QED) is 0.702. The van der Waals surface area contributed by atoms with Crippen molar-refractivity contribution < 1.29 is 22.7 Å². The van der Waals surface area contributed by atoms with E-state index < -0.39 is 12.2 Å². The van der Waals surface area contributed by atoms with E-state index in [-0.39, 0.29) is 23.3 Å². The first kappa shape index (κ1) is 19.2. The number of alkyl halides is 3. The summed E-state index contributed by atoms with van der Waals surface area (Å²) < 4.78 is 43.0. The number of amides is 1. The van der Waals surface area contributed by atoms with Crippen LogP contribution in [0.1, 0.15) is 35.9 Å². The van der Waals surface area contributed by atoms with Crippen LogP contribution < -0.4 is 10.1 Å². The predicted molar refractivity (Wildman–Crippen MR) is 97.3 cm³/mol. The summed E-state index contributed by atoms with van der Waals surface area (Å²) in [6.07, 6.45) is -1.16. The molecule has 3 heterocycles. The van der Waals surface area contributed by atoms with Crippen LogP contribution in [0.15, 0.2) is 30.6 Å². The molecule has 1 atom stereocenters. The Bertz CT molecular complexity index is 1080. The maximum Gasteiger partial charge on any atom is 0.574 e. The van der Waals surface area contributed by atoms with Crippen LogP contribution >= 0.6 is 0 Å². The van der Waals surface area contributed by atoms with Gasteiger partial charge in [-0.3, -0.25) is 9.20 Å². The minimum Gasteiger partial charge on any atom is -0.388 e. The van der Waals surface area contributed by atoms with Gasteiger partial charge in [0.25, 0.3) is 5.91 Å². The number of halogens is 3. The molecule has 1 saturated carbocycles. The highest BCUT2D eigenvalue weighted by Crippen LogP contribution is 2.32. The van der Waals surface area contributed by atoms with Crippen LogP contribution in [0.4, 0.5) is 13.2 Å². The number of nitrogens with one attached hydrogen (secondary N) is 1. The number of carbonyl (C=O) groups excluding carboxylic acids is 1. The third-order valence-electron chi connectivity index (χ3n) is 4.80. The average Bonchev–Trinajstić information content (AvgIpc) is 3.40. The lowest BCUT2D eigenvalue weighted by molar-refractivity contribution is -0.276. The van der Waals surface area contributed by atoms with Crippen LogP contribution in [0.2, 0.25) is 0 Å². The van der Waals surface area contributed by atoms with E-state index in [0.29, 0.717) is 23.0 Å². The Morgan fingerprint density at radius 3 is 2.72 bits per heavy atom. The number of aryl methyl sites for hydroxylation is 1. The Kier molecular flexibility index (Phi) is 4.64. The fourth-order valence-electron chi connectivity index (χ4n) is 3.13. The zero-order valence-electron chi connectivity index (χ0n) is 15.7. The third-order valence-corrected chi connectivity index (χ3v) is 4.80. The molecule has 4 rings (SSSR count). The first-order valence-electron chi connectivity index (χ1n) is 9.10. The number of fused-ring (bicyclic) bond motifs is 1. The van der Waals surface area contributed by atoms with Gasteiger partial charge in [0.15, 0.2) is 11.3 Å². The molecule has 0 bridgehead atoms. The summed E-state index contributed by atoms with van der Waals surface area (Å²) in [5.41, 5.74) is 1.67. The second-order valence-electron chi connectivity index (χ2n) is 7.08. The highest BCUT2D eigenvalue weighted by Gasteiger charge is 2.32. The van der Waals surface area contributed by atoms with Crippen molar-refractivity contribution in [1.82, 2.24) is 24.7 Å². The van der Waals surface area contributed by atoms with E-state index >= 15 is 0 Å². The van der Waals surface area contributed by atoms with E-state index in [1.165, 1.54) is 18.5 Å². The number of hydrogen-bond donors (Lipinski definition) is 1. The van der Waals surface area contributed by atoms with Crippen molar-refractivity contribution in [3.63, 3.8) is 0 Å². The minimum absolute atomic E-state index is 0.0430. The molecule has 1 fully saturated rings. The molecular formula is C19H18F3N5O2. The average molecular weight is 405 g/mol. The molecule has 0 unspecified atom stereocenters. The fourth-order valence-corrected chi connectivity index (χ4v) is 3.13. The Balaban J connectivity index is 1.69. The number of nitrogens with zero attached hydrogens (tertiary/aromatic N) is 4. The van der Waals surface area contributed by atoms with Crippen LogP contribution in [0.25, 0.3) is 17.0 Å². The van der Waals surface area contributed by atoms with E-state index in [0.717, 1.165) is 18.9 Å². The van der Waals surface area contributed by atoms with E-state index in [4.69, 9.17) is 0 Å². The molecular weight excluding hydrogens is 387 g/mol. The van der Waals surface area contributed by atoms with Gasteiger partial charge >= 0.3 is 6.36 Å². The molecule has 0 aliphatic heterocycles. The Hall–Kier alpha value is -3.17. The van der Waals surface area contributed by atoms with E-state index in [2.05, 4.69) is 25.0 Å². The third kappa shape index (κ3) is 4.15. The molecule has 0 aromatic carbocycles. The number of aromatic nitrogens is 4. The van der Waals surface area contributed by atoms with Gasteiger partial charge in [-0.25, -0.2) is 15.0 Å². The zero-order chi connectivity index (χ0) is 20.8. The van der Waals surface area contributed by atoms with Gasteiger partial charge in [-0.2, -0.15) is 0 Å². The summed E-state index contributed by atoms with van der Waals surface area (Å²) in [7, 11) is 0. The number of ether oxygens (including phenoxy) is 1. The topological polar surface area (TPSA) is 81.4 Å². The monoisotopic (exact) mass is 405 g/mol. The number of imidazole rings is 1. The Morgan fingerprint density at radius 1 is 1.28 bits per heavy atom. The Morgan fingerprint density at radius 2 is 2.03 bits per heavy atom. The number of pyridine rings is 1. The van der Waals surface area contributed by atoms with Crippen molar-refractivity contribution in [2.75, 3.05) is 0 Å². The molecule has 1 N–H and O–H groups in total. The molecule has 0 spiro atoms. The van der Waals surface area contributed by atoms with E-state index in [1.807, 2.05) is 6.92 Å². The molecule has 1 aliphatic rings. The summed E-state index contributed by atoms with van der Waals surface area (Å²) in [5, 5.41) is 2.93. The lowest BCUT2D eigenvalue weighted by Gasteiger charge is -2.12. The maximum absolute atomic E-state index is 12.6. The summed E-state index contributed by atoms with van der Waals surface area (Å²) in [6, 6.07) is 5.72.